The van der Waals surface area contributed by atoms with E-state index in [1.807, 2.05) is 23.3 Å². The van der Waals surface area contributed by atoms with Crippen molar-refractivity contribution in [3.05, 3.63) is 40.5 Å². The van der Waals surface area contributed by atoms with E-state index >= 15 is 0 Å². The van der Waals surface area contributed by atoms with Crippen LogP contribution in [0.2, 0.25) is 5.02 Å². The van der Waals surface area contributed by atoms with Crippen LogP contribution in [0.5, 0.6) is 0 Å². The van der Waals surface area contributed by atoms with E-state index in [-0.39, 0.29) is 23.2 Å². The monoisotopic (exact) mass is 364 g/mol. The largest absolute Gasteiger partial charge is 0.464 e. The van der Waals surface area contributed by atoms with Crippen molar-refractivity contribution in [2.75, 3.05) is 38.7 Å². The first kappa shape index (κ1) is 17.7. The maximum absolute atomic E-state index is 11.9. The number of ether oxygens (including phenoxy) is 1. The Morgan fingerprint density at radius 2 is 2.28 bits per heavy atom. The van der Waals surface area contributed by atoms with Crippen molar-refractivity contribution in [3.8, 4) is 0 Å². The number of aliphatic hydroxyl groups excluding tert-OH is 1. The van der Waals surface area contributed by atoms with Crippen molar-refractivity contribution in [2.45, 2.75) is 18.8 Å². The molecule has 2 N–H and O–H groups in total. The summed E-state index contributed by atoms with van der Waals surface area (Å²) < 4.78 is 4.77. The lowest BCUT2D eigenvalue weighted by Gasteiger charge is -2.22. The molecule has 3 rings (SSSR count). The summed E-state index contributed by atoms with van der Waals surface area (Å²) in [5, 5.41) is 12.4. The van der Waals surface area contributed by atoms with Gasteiger partial charge in [0.15, 0.2) is 5.69 Å². The van der Waals surface area contributed by atoms with Gasteiger partial charge in [0.1, 0.15) is 16.7 Å². The number of β-amino-alcohol motifs (C(OH)–C–C–N with tert-alkyl or cyclic N) is 1. The highest BCUT2D eigenvalue weighted by Gasteiger charge is 2.30. The summed E-state index contributed by atoms with van der Waals surface area (Å²) in [6, 6.07) is 0. The van der Waals surface area contributed by atoms with Crippen LogP contribution >= 0.6 is 11.6 Å². The van der Waals surface area contributed by atoms with Gasteiger partial charge in [-0.15, -0.1) is 0 Å². The zero-order valence-electron chi connectivity index (χ0n) is 14.0. The highest BCUT2D eigenvalue weighted by Crippen LogP contribution is 2.39. The molecule has 0 amide bonds. The summed E-state index contributed by atoms with van der Waals surface area (Å²) in [5.41, 5.74) is 1.13. The van der Waals surface area contributed by atoms with Gasteiger partial charge >= 0.3 is 5.97 Å². The molecule has 1 aliphatic carbocycles. The molecule has 1 aromatic heterocycles. The fourth-order valence-corrected chi connectivity index (χ4v) is 2.81. The Balaban J connectivity index is 1.78. The molecule has 0 saturated heterocycles. The third-order valence-corrected chi connectivity index (χ3v) is 4.42. The first-order valence-electron chi connectivity index (χ1n) is 8.24. The van der Waals surface area contributed by atoms with Crippen LogP contribution in [0.15, 0.2) is 23.9 Å². The molecule has 2 heterocycles. The Bertz CT molecular complexity index is 716. The average Bonchev–Trinajstić information content (AvgIpc) is 3.46. The Kier molecular flexibility index (Phi) is 5.55. The van der Waals surface area contributed by atoms with Crippen LogP contribution in [0, 0.1) is 0 Å². The number of aromatic nitrogens is 2. The molecule has 1 fully saturated rings. The molecule has 0 bridgehead atoms. The predicted octanol–water partition coefficient (Wildman–Crippen LogP) is 1.95. The van der Waals surface area contributed by atoms with Gasteiger partial charge in [0.05, 0.1) is 13.7 Å². The standard InChI is InChI=1S/C17H21ClN4O3/c1-25-17(24)14-13(18)16(21-15(20-14)12-4-5-12)19-9-11-3-2-6-22(10-11)7-8-23/h2-3,10,12,23H,4-9H2,1H3,(H,19,20,21). The van der Waals surface area contributed by atoms with E-state index in [0.29, 0.717) is 24.7 Å². The Morgan fingerprint density at radius 3 is 2.96 bits per heavy atom. The lowest BCUT2D eigenvalue weighted by Crippen LogP contribution is -2.25. The second-order valence-electron chi connectivity index (χ2n) is 6.04. The van der Waals surface area contributed by atoms with Crippen LogP contribution in [0.4, 0.5) is 5.82 Å². The number of halogens is 1. The third kappa shape index (κ3) is 4.29. The molecule has 1 aliphatic heterocycles. The fourth-order valence-electron chi connectivity index (χ4n) is 2.58. The maximum atomic E-state index is 11.9. The number of carbonyl (C=O) groups excluding carboxylic acids is 1. The second kappa shape index (κ2) is 7.84. The molecule has 2 aliphatic rings. The van der Waals surface area contributed by atoms with Gasteiger partial charge in [-0.05, 0) is 18.4 Å². The number of esters is 1. The highest BCUT2D eigenvalue weighted by atomic mass is 35.5. The van der Waals surface area contributed by atoms with E-state index in [1.165, 1.54) is 7.11 Å². The van der Waals surface area contributed by atoms with Crippen molar-refractivity contribution in [2.24, 2.45) is 0 Å². The summed E-state index contributed by atoms with van der Waals surface area (Å²) in [7, 11) is 1.30. The van der Waals surface area contributed by atoms with Crippen LogP contribution in [0.3, 0.4) is 0 Å². The molecule has 25 heavy (non-hydrogen) atoms. The number of nitrogens with zero attached hydrogens (tertiary/aromatic N) is 3. The fraction of sp³-hybridized carbons (Fsp3) is 0.471. The van der Waals surface area contributed by atoms with Crippen LogP contribution in [-0.2, 0) is 4.74 Å². The van der Waals surface area contributed by atoms with E-state index < -0.39 is 5.97 Å². The number of rotatable bonds is 7. The summed E-state index contributed by atoms with van der Waals surface area (Å²) in [4.78, 5) is 22.7. The first-order chi connectivity index (χ1) is 12.1. The third-order valence-electron chi connectivity index (χ3n) is 4.06. The molecule has 8 heteroatoms. The van der Waals surface area contributed by atoms with E-state index in [2.05, 4.69) is 15.3 Å². The average molecular weight is 365 g/mol. The normalized spacial score (nSPS) is 16.6. The number of carbonyl (C=O) groups is 1. The van der Waals surface area contributed by atoms with Gasteiger partial charge in [0.25, 0.3) is 0 Å². The lowest BCUT2D eigenvalue weighted by atomic mass is 10.2. The smallest absolute Gasteiger partial charge is 0.358 e. The lowest BCUT2D eigenvalue weighted by molar-refractivity contribution is 0.0593. The number of hydrogen-bond donors (Lipinski definition) is 2. The van der Waals surface area contributed by atoms with Crippen LogP contribution < -0.4 is 5.32 Å². The van der Waals surface area contributed by atoms with Gasteiger partial charge in [-0.25, -0.2) is 14.8 Å². The first-order valence-corrected chi connectivity index (χ1v) is 8.62. The second-order valence-corrected chi connectivity index (χ2v) is 6.42. The summed E-state index contributed by atoms with van der Waals surface area (Å²) >= 11 is 6.31. The van der Waals surface area contributed by atoms with E-state index in [1.54, 1.807) is 0 Å². The molecule has 0 radical (unpaired) electrons. The van der Waals surface area contributed by atoms with Gasteiger partial charge < -0.3 is 20.1 Å². The van der Waals surface area contributed by atoms with Gasteiger partial charge in [0.2, 0.25) is 0 Å². The summed E-state index contributed by atoms with van der Waals surface area (Å²) in [6.45, 7) is 1.97. The van der Waals surface area contributed by atoms with E-state index in [9.17, 15) is 4.79 Å². The van der Waals surface area contributed by atoms with Crippen molar-refractivity contribution >= 4 is 23.4 Å². The number of nitrogens with one attached hydrogen (secondary N) is 1. The van der Waals surface area contributed by atoms with Crippen molar-refractivity contribution in [1.29, 1.82) is 0 Å². The number of aliphatic hydroxyl groups is 1. The van der Waals surface area contributed by atoms with E-state index in [0.717, 1.165) is 25.0 Å². The molecular weight excluding hydrogens is 344 g/mol. The minimum Gasteiger partial charge on any atom is -0.464 e. The minimum atomic E-state index is -0.566. The number of anilines is 1. The Hall–Kier alpha value is -2.12. The van der Waals surface area contributed by atoms with Gasteiger partial charge in [0, 0.05) is 31.8 Å². The van der Waals surface area contributed by atoms with Crippen LogP contribution in [0.25, 0.3) is 0 Å². The summed E-state index contributed by atoms with van der Waals surface area (Å²) in [5.74, 6) is 0.785. The van der Waals surface area contributed by atoms with Crippen LogP contribution in [-0.4, -0.2) is 59.3 Å². The van der Waals surface area contributed by atoms with Crippen molar-refractivity contribution in [3.63, 3.8) is 0 Å². The molecule has 1 saturated carbocycles. The molecule has 0 atom stereocenters. The highest BCUT2D eigenvalue weighted by molar-refractivity contribution is 6.35. The molecule has 1 aromatic rings. The molecule has 0 spiro atoms. The minimum absolute atomic E-state index is 0.0960. The van der Waals surface area contributed by atoms with Crippen molar-refractivity contribution < 1.29 is 14.6 Å². The van der Waals surface area contributed by atoms with Gasteiger partial charge in [-0.2, -0.15) is 0 Å². The number of methoxy groups -OCH3 is 1. The Labute approximate surface area is 151 Å². The Morgan fingerprint density at radius 1 is 1.48 bits per heavy atom. The molecule has 7 nitrogen and oxygen atoms in total. The molecule has 134 valence electrons. The zero-order valence-corrected chi connectivity index (χ0v) is 14.8. The van der Waals surface area contributed by atoms with Crippen LogP contribution in [0.1, 0.15) is 35.1 Å². The molecule has 0 unspecified atom stereocenters. The van der Waals surface area contributed by atoms with E-state index in [4.69, 9.17) is 21.4 Å². The summed E-state index contributed by atoms with van der Waals surface area (Å²) in [6.07, 6.45) is 8.07. The topological polar surface area (TPSA) is 87.6 Å². The molecular formula is C17H21ClN4O3. The van der Waals surface area contributed by atoms with Gasteiger partial charge in [-0.3, -0.25) is 0 Å². The van der Waals surface area contributed by atoms with Gasteiger partial charge in [-0.1, -0.05) is 23.8 Å². The zero-order chi connectivity index (χ0) is 17.8. The maximum Gasteiger partial charge on any atom is 0.358 e. The van der Waals surface area contributed by atoms with Crippen molar-refractivity contribution in [1.82, 2.24) is 14.9 Å². The SMILES string of the molecule is COC(=O)c1nc(C2CC2)nc(NCC2=CN(CCO)CC=C2)c1Cl. The quantitative estimate of drug-likeness (QED) is 0.715. The molecule has 0 aromatic carbocycles. The predicted molar refractivity (Wildman–Crippen MR) is 94.7 cm³/mol. The number of hydrogen-bond acceptors (Lipinski definition) is 7.